The van der Waals surface area contributed by atoms with Gasteiger partial charge in [-0.2, -0.15) is 0 Å². The summed E-state index contributed by atoms with van der Waals surface area (Å²) in [5.41, 5.74) is 0.379. The Labute approximate surface area is 189 Å². The third-order valence-electron chi connectivity index (χ3n) is 6.13. The third kappa shape index (κ3) is 3.06. The standard InChI is InChI=1S/C25H21N3O5/c1-25(2)12-26-24-20(28(32)33)17(19(27(24)13-25)14-8-4-3-5-9-14)18-21(29)15-10-6-7-11-16(15)22(30)23(18)31/h3-11,26,29H,12-13H2,1-2H3. The van der Waals surface area contributed by atoms with Crippen molar-refractivity contribution in [2.24, 2.45) is 5.41 Å². The normalized spacial score (nSPS) is 16.8. The molecule has 1 aliphatic carbocycles. The molecule has 166 valence electrons. The van der Waals surface area contributed by atoms with Crippen molar-refractivity contribution in [3.8, 4) is 11.3 Å². The largest absolute Gasteiger partial charge is 0.506 e. The summed E-state index contributed by atoms with van der Waals surface area (Å²) in [6.07, 6.45) is 0. The topological polar surface area (TPSA) is 114 Å². The van der Waals surface area contributed by atoms with E-state index < -0.39 is 22.2 Å². The minimum Gasteiger partial charge on any atom is -0.506 e. The number of rotatable bonds is 3. The molecule has 0 spiro atoms. The van der Waals surface area contributed by atoms with E-state index >= 15 is 0 Å². The summed E-state index contributed by atoms with van der Waals surface area (Å²) in [7, 11) is 0. The van der Waals surface area contributed by atoms with Crippen LogP contribution >= 0.6 is 0 Å². The van der Waals surface area contributed by atoms with Crippen molar-refractivity contribution < 1.29 is 19.6 Å². The summed E-state index contributed by atoms with van der Waals surface area (Å²) >= 11 is 0. The van der Waals surface area contributed by atoms with Gasteiger partial charge < -0.3 is 15.0 Å². The quantitative estimate of drug-likeness (QED) is 0.344. The molecule has 0 unspecified atom stereocenters. The smallest absolute Gasteiger partial charge is 0.319 e. The maximum absolute atomic E-state index is 13.3. The number of Topliss-reactive ketones (excluding diaryl/α,β-unsaturated/α-hetero) is 2. The Kier molecular flexibility index (Phi) is 4.49. The molecule has 2 heterocycles. The van der Waals surface area contributed by atoms with Gasteiger partial charge in [0, 0.05) is 29.6 Å². The number of anilines is 1. The molecule has 0 amide bonds. The molecular weight excluding hydrogens is 422 g/mol. The molecule has 1 aromatic heterocycles. The summed E-state index contributed by atoms with van der Waals surface area (Å²) in [6.45, 7) is 5.01. The lowest BCUT2D eigenvalue weighted by molar-refractivity contribution is -0.384. The number of carbonyl (C=O) groups excluding carboxylic acids is 2. The van der Waals surface area contributed by atoms with Crippen molar-refractivity contribution in [2.45, 2.75) is 20.4 Å². The predicted molar refractivity (Wildman–Crippen MR) is 124 cm³/mol. The van der Waals surface area contributed by atoms with Gasteiger partial charge >= 0.3 is 5.69 Å². The molecule has 33 heavy (non-hydrogen) atoms. The second-order valence-corrected chi connectivity index (χ2v) is 9.08. The monoisotopic (exact) mass is 443 g/mol. The van der Waals surface area contributed by atoms with E-state index in [-0.39, 0.29) is 39.2 Å². The molecule has 8 nitrogen and oxygen atoms in total. The van der Waals surface area contributed by atoms with E-state index in [0.717, 1.165) is 0 Å². The first-order valence-corrected chi connectivity index (χ1v) is 10.5. The zero-order valence-electron chi connectivity index (χ0n) is 18.1. The maximum Gasteiger partial charge on any atom is 0.319 e. The van der Waals surface area contributed by atoms with Gasteiger partial charge in [0.2, 0.25) is 11.6 Å². The highest BCUT2D eigenvalue weighted by Crippen LogP contribution is 2.49. The number of carbonyl (C=O) groups is 2. The Balaban J connectivity index is 1.93. The highest BCUT2D eigenvalue weighted by atomic mass is 16.6. The van der Waals surface area contributed by atoms with Gasteiger partial charge in [-0.25, -0.2) is 0 Å². The third-order valence-corrected chi connectivity index (χ3v) is 6.13. The van der Waals surface area contributed by atoms with Gasteiger partial charge in [0.15, 0.2) is 5.82 Å². The van der Waals surface area contributed by atoms with E-state index in [1.54, 1.807) is 41.0 Å². The minimum atomic E-state index is -0.964. The average molecular weight is 443 g/mol. The Morgan fingerprint density at radius 2 is 1.64 bits per heavy atom. The van der Waals surface area contributed by atoms with Gasteiger partial charge in [-0.3, -0.25) is 19.7 Å². The summed E-state index contributed by atoms with van der Waals surface area (Å²) < 4.78 is 1.78. The Hall–Kier alpha value is -4.20. The van der Waals surface area contributed by atoms with Gasteiger partial charge in [0.05, 0.1) is 21.8 Å². The number of nitrogens with one attached hydrogen (secondary N) is 1. The number of aliphatic hydroxyl groups is 1. The van der Waals surface area contributed by atoms with Crippen molar-refractivity contribution in [3.63, 3.8) is 0 Å². The molecule has 0 fully saturated rings. The van der Waals surface area contributed by atoms with Crippen LogP contribution in [0.2, 0.25) is 0 Å². The number of fused-ring (bicyclic) bond motifs is 2. The van der Waals surface area contributed by atoms with Crippen molar-refractivity contribution in [1.29, 1.82) is 0 Å². The summed E-state index contributed by atoms with van der Waals surface area (Å²) in [6, 6.07) is 15.2. The van der Waals surface area contributed by atoms with Gasteiger partial charge in [-0.15, -0.1) is 0 Å². The first kappa shape index (κ1) is 20.7. The molecule has 5 rings (SSSR count). The van der Waals surface area contributed by atoms with Crippen LogP contribution in [-0.2, 0) is 11.3 Å². The molecule has 2 N–H and O–H groups in total. The molecule has 0 bridgehead atoms. The van der Waals surface area contributed by atoms with Crippen molar-refractivity contribution in [3.05, 3.63) is 81.4 Å². The van der Waals surface area contributed by atoms with E-state index in [2.05, 4.69) is 5.32 Å². The molecule has 2 aromatic carbocycles. The fourth-order valence-electron chi connectivity index (χ4n) is 4.66. The van der Waals surface area contributed by atoms with Crippen LogP contribution < -0.4 is 5.32 Å². The number of ketones is 2. The average Bonchev–Trinajstić information content (AvgIpc) is 3.11. The number of hydrogen-bond acceptors (Lipinski definition) is 6. The maximum atomic E-state index is 13.3. The van der Waals surface area contributed by atoms with Gasteiger partial charge in [-0.05, 0) is 5.56 Å². The molecule has 0 atom stereocenters. The number of hydrogen-bond donors (Lipinski definition) is 2. The lowest BCUT2D eigenvalue weighted by Gasteiger charge is -2.33. The van der Waals surface area contributed by atoms with Gasteiger partial charge in [0.1, 0.15) is 5.76 Å². The Morgan fingerprint density at radius 1 is 1.00 bits per heavy atom. The number of aromatic nitrogens is 1. The summed E-state index contributed by atoms with van der Waals surface area (Å²) in [5, 5.41) is 26.6. The first-order chi connectivity index (χ1) is 15.7. The van der Waals surface area contributed by atoms with E-state index in [9.17, 15) is 24.8 Å². The lowest BCUT2D eigenvalue weighted by atomic mass is 9.84. The number of benzene rings is 2. The van der Waals surface area contributed by atoms with E-state index in [4.69, 9.17) is 0 Å². The zero-order valence-corrected chi connectivity index (χ0v) is 18.1. The van der Waals surface area contributed by atoms with Crippen LogP contribution in [-0.4, -0.2) is 32.7 Å². The molecular formula is C25H21N3O5. The van der Waals surface area contributed by atoms with Crippen LogP contribution in [0.3, 0.4) is 0 Å². The highest BCUT2D eigenvalue weighted by molar-refractivity contribution is 6.62. The van der Waals surface area contributed by atoms with Crippen LogP contribution in [0.5, 0.6) is 0 Å². The van der Waals surface area contributed by atoms with Crippen LogP contribution in [0.25, 0.3) is 22.6 Å². The second-order valence-electron chi connectivity index (χ2n) is 9.08. The van der Waals surface area contributed by atoms with E-state index in [0.29, 0.717) is 24.3 Å². The second kappa shape index (κ2) is 7.16. The van der Waals surface area contributed by atoms with Gasteiger partial charge in [-0.1, -0.05) is 68.4 Å². The molecule has 3 aromatic rings. The molecule has 8 heteroatoms. The van der Waals surface area contributed by atoms with Crippen LogP contribution in [0.15, 0.2) is 54.6 Å². The molecule has 0 saturated carbocycles. The molecule has 2 aliphatic rings. The zero-order chi connectivity index (χ0) is 23.5. The van der Waals surface area contributed by atoms with E-state index in [1.165, 1.54) is 12.1 Å². The van der Waals surface area contributed by atoms with Crippen molar-refractivity contribution in [1.82, 2.24) is 4.57 Å². The predicted octanol–water partition coefficient (Wildman–Crippen LogP) is 4.71. The molecule has 1 aliphatic heterocycles. The lowest BCUT2D eigenvalue weighted by Crippen LogP contribution is -2.34. The fourth-order valence-corrected chi connectivity index (χ4v) is 4.66. The fraction of sp³-hybridized carbons (Fsp3) is 0.200. The number of nitro groups is 1. The molecule has 0 radical (unpaired) electrons. The summed E-state index contributed by atoms with van der Waals surface area (Å²) in [4.78, 5) is 38.0. The number of allylic oxidation sites excluding steroid dienone is 1. The SMILES string of the molecule is CC1(C)CNc2c([N+](=O)[O-])c(C3=C(O)c4ccccc4C(=O)C3=O)c(-c3ccccc3)n2C1. The Bertz CT molecular complexity index is 1380. The van der Waals surface area contributed by atoms with Crippen molar-refractivity contribution in [2.75, 3.05) is 11.9 Å². The molecule has 0 saturated heterocycles. The minimum absolute atomic E-state index is 0.0447. The van der Waals surface area contributed by atoms with Crippen molar-refractivity contribution >= 4 is 34.4 Å². The van der Waals surface area contributed by atoms with Crippen LogP contribution in [0.1, 0.15) is 35.3 Å². The van der Waals surface area contributed by atoms with Crippen LogP contribution in [0, 0.1) is 15.5 Å². The number of nitrogens with zero attached hydrogens (tertiary/aromatic N) is 2. The first-order valence-electron chi connectivity index (χ1n) is 10.5. The van der Waals surface area contributed by atoms with Gasteiger partial charge in [0.25, 0.3) is 0 Å². The van der Waals surface area contributed by atoms with Crippen LogP contribution in [0.4, 0.5) is 11.5 Å². The summed E-state index contributed by atoms with van der Waals surface area (Å²) in [5.74, 6) is -1.94. The Morgan fingerprint density at radius 3 is 2.30 bits per heavy atom. The van der Waals surface area contributed by atoms with E-state index in [1.807, 2.05) is 19.9 Å². The highest BCUT2D eigenvalue weighted by Gasteiger charge is 2.44. The number of aliphatic hydroxyl groups excluding tert-OH is 1.